The van der Waals surface area contributed by atoms with E-state index in [9.17, 15) is 5.26 Å². The van der Waals surface area contributed by atoms with Gasteiger partial charge in [-0.25, -0.2) is 0 Å². The summed E-state index contributed by atoms with van der Waals surface area (Å²) in [6.07, 6.45) is 6.84. The van der Waals surface area contributed by atoms with Crippen molar-refractivity contribution in [2.45, 2.75) is 38.6 Å². The summed E-state index contributed by atoms with van der Waals surface area (Å²) >= 11 is 0. The van der Waals surface area contributed by atoms with Crippen molar-refractivity contribution >= 4 is 0 Å². The minimum atomic E-state index is 0.252. The Kier molecular flexibility index (Phi) is 4.38. The van der Waals surface area contributed by atoms with E-state index >= 15 is 0 Å². The Balaban J connectivity index is 1.63. The van der Waals surface area contributed by atoms with Crippen LogP contribution in [0.3, 0.4) is 0 Å². The first kappa shape index (κ1) is 13.6. The van der Waals surface area contributed by atoms with Gasteiger partial charge in [0.2, 0.25) is 0 Å². The van der Waals surface area contributed by atoms with E-state index in [0.29, 0.717) is 5.92 Å². The Morgan fingerprint density at radius 3 is 2.50 bits per heavy atom. The fraction of sp³-hybridized carbons (Fsp3) is 0.611. The summed E-state index contributed by atoms with van der Waals surface area (Å²) in [7, 11) is 0. The fourth-order valence-corrected chi connectivity index (χ4v) is 4.06. The average Bonchev–Trinajstić information content (AvgIpc) is 2.92. The number of hydrogen-bond donors (Lipinski definition) is 0. The van der Waals surface area contributed by atoms with Crippen LogP contribution in [-0.4, -0.2) is 18.0 Å². The molecule has 0 amide bonds. The molecule has 1 aromatic rings. The van der Waals surface area contributed by atoms with Crippen LogP contribution in [0, 0.1) is 29.1 Å². The molecule has 2 atom stereocenters. The summed E-state index contributed by atoms with van der Waals surface area (Å²) in [6, 6.07) is 13.2. The summed E-state index contributed by atoms with van der Waals surface area (Å²) in [5, 5.41) is 9.47. The third kappa shape index (κ3) is 3.04. The molecular weight excluding hydrogens is 244 g/mol. The Hall–Kier alpha value is -1.33. The number of hydrogen-bond acceptors (Lipinski definition) is 2. The maximum absolute atomic E-state index is 9.47. The molecule has 2 nitrogen and oxygen atoms in total. The lowest BCUT2D eigenvalue weighted by atomic mass is 9.76. The Morgan fingerprint density at radius 1 is 1.05 bits per heavy atom. The molecule has 1 aromatic carbocycles. The van der Waals surface area contributed by atoms with E-state index in [1.165, 1.54) is 37.7 Å². The van der Waals surface area contributed by atoms with Crippen molar-refractivity contribution in [3.05, 3.63) is 35.9 Å². The first-order chi connectivity index (χ1) is 9.86. The van der Waals surface area contributed by atoms with Gasteiger partial charge in [-0.2, -0.15) is 5.26 Å². The van der Waals surface area contributed by atoms with Gasteiger partial charge in [0.15, 0.2) is 0 Å². The van der Waals surface area contributed by atoms with Crippen LogP contribution in [0.2, 0.25) is 0 Å². The molecule has 0 spiro atoms. The highest BCUT2D eigenvalue weighted by atomic mass is 15.2. The lowest BCUT2D eigenvalue weighted by Crippen LogP contribution is -2.25. The SMILES string of the molecule is N#CC1CN(Cc2ccccc2)CC1C1CCCCC1. The number of likely N-dealkylation sites (tertiary alicyclic amines) is 1. The van der Waals surface area contributed by atoms with Gasteiger partial charge >= 0.3 is 0 Å². The van der Waals surface area contributed by atoms with E-state index in [1.54, 1.807) is 0 Å². The predicted molar refractivity (Wildman–Crippen MR) is 80.9 cm³/mol. The van der Waals surface area contributed by atoms with Crippen molar-refractivity contribution in [2.24, 2.45) is 17.8 Å². The van der Waals surface area contributed by atoms with Crippen molar-refractivity contribution in [1.29, 1.82) is 5.26 Å². The van der Waals surface area contributed by atoms with Gasteiger partial charge < -0.3 is 0 Å². The van der Waals surface area contributed by atoms with E-state index in [2.05, 4.69) is 41.3 Å². The van der Waals surface area contributed by atoms with Crippen LogP contribution in [0.4, 0.5) is 0 Å². The molecule has 1 heterocycles. The van der Waals surface area contributed by atoms with E-state index < -0.39 is 0 Å². The van der Waals surface area contributed by atoms with Crippen LogP contribution in [0.5, 0.6) is 0 Å². The summed E-state index contributed by atoms with van der Waals surface area (Å²) < 4.78 is 0. The smallest absolute Gasteiger partial charge is 0.0672 e. The predicted octanol–water partition coefficient (Wildman–Crippen LogP) is 3.84. The zero-order valence-electron chi connectivity index (χ0n) is 12.2. The third-order valence-electron chi connectivity index (χ3n) is 5.11. The minimum Gasteiger partial charge on any atom is -0.297 e. The second-order valence-corrected chi connectivity index (χ2v) is 6.48. The van der Waals surface area contributed by atoms with Gasteiger partial charge in [0.1, 0.15) is 0 Å². The molecule has 0 aromatic heterocycles. The molecule has 0 N–H and O–H groups in total. The first-order valence-electron chi connectivity index (χ1n) is 8.02. The normalized spacial score (nSPS) is 28.4. The highest BCUT2D eigenvalue weighted by Gasteiger charge is 2.38. The molecule has 2 heteroatoms. The fourth-order valence-electron chi connectivity index (χ4n) is 4.06. The number of rotatable bonds is 3. The Morgan fingerprint density at radius 2 is 1.80 bits per heavy atom. The summed E-state index contributed by atoms with van der Waals surface area (Å²) in [5.41, 5.74) is 1.37. The molecule has 0 bridgehead atoms. The number of nitriles is 1. The number of benzene rings is 1. The third-order valence-corrected chi connectivity index (χ3v) is 5.11. The lowest BCUT2D eigenvalue weighted by Gasteiger charge is -2.28. The summed E-state index contributed by atoms with van der Waals surface area (Å²) in [6.45, 7) is 3.09. The van der Waals surface area contributed by atoms with E-state index in [4.69, 9.17) is 0 Å². The second-order valence-electron chi connectivity index (χ2n) is 6.48. The maximum Gasteiger partial charge on any atom is 0.0672 e. The molecule has 1 aliphatic heterocycles. The summed E-state index contributed by atoms with van der Waals surface area (Å²) in [5.74, 6) is 1.67. The topological polar surface area (TPSA) is 27.0 Å². The van der Waals surface area contributed by atoms with Gasteiger partial charge in [-0.05, 0) is 17.4 Å². The molecule has 0 radical (unpaired) electrons. The Labute approximate surface area is 122 Å². The van der Waals surface area contributed by atoms with E-state index in [-0.39, 0.29) is 5.92 Å². The average molecular weight is 268 g/mol. The lowest BCUT2D eigenvalue weighted by molar-refractivity contribution is 0.223. The van der Waals surface area contributed by atoms with Gasteiger partial charge in [-0.15, -0.1) is 0 Å². The van der Waals surface area contributed by atoms with E-state index in [1.807, 2.05) is 0 Å². The molecule has 20 heavy (non-hydrogen) atoms. The molecule has 3 rings (SSSR count). The van der Waals surface area contributed by atoms with E-state index in [0.717, 1.165) is 25.6 Å². The highest BCUT2D eigenvalue weighted by Crippen LogP contribution is 2.38. The zero-order valence-corrected chi connectivity index (χ0v) is 12.2. The minimum absolute atomic E-state index is 0.252. The van der Waals surface area contributed by atoms with Crippen molar-refractivity contribution < 1.29 is 0 Å². The molecule has 106 valence electrons. The quantitative estimate of drug-likeness (QED) is 0.833. The van der Waals surface area contributed by atoms with Crippen LogP contribution < -0.4 is 0 Å². The highest BCUT2D eigenvalue weighted by molar-refractivity contribution is 5.15. The molecule has 2 aliphatic rings. The van der Waals surface area contributed by atoms with Crippen molar-refractivity contribution in [3.63, 3.8) is 0 Å². The van der Waals surface area contributed by atoms with Crippen LogP contribution in [0.1, 0.15) is 37.7 Å². The van der Waals surface area contributed by atoms with Crippen LogP contribution >= 0.6 is 0 Å². The molecule has 2 fully saturated rings. The molecule has 1 saturated heterocycles. The van der Waals surface area contributed by atoms with Crippen molar-refractivity contribution in [1.82, 2.24) is 4.90 Å². The molecule has 1 saturated carbocycles. The maximum atomic E-state index is 9.47. The monoisotopic (exact) mass is 268 g/mol. The van der Waals surface area contributed by atoms with Crippen molar-refractivity contribution in [3.8, 4) is 6.07 Å². The van der Waals surface area contributed by atoms with Crippen LogP contribution in [0.15, 0.2) is 30.3 Å². The molecular formula is C18H24N2. The van der Waals surface area contributed by atoms with Gasteiger partial charge in [-0.3, -0.25) is 4.90 Å². The van der Waals surface area contributed by atoms with Crippen molar-refractivity contribution in [2.75, 3.05) is 13.1 Å². The number of nitrogens with zero attached hydrogens (tertiary/aromatic N) is 2. The van der Waals surface area contributed by atoms with Gasteiger partial charge in [0.05, 0.1) is 12.0 Å². The van der Waals surface area contributed by atoms with Gasteiger partial charge in [-0.1, -0.05) is 62.4 Å². The van der Waals surface area contributed by atoms with Gasteiger partial charge in [0, 0.05) is 19.6 Å². The molecule has 2 unspecified atom stereocenters. The van der Waals surface area contributed by atoms with Gasteiger partial charge in [0.25, 0.3) is 0 Å². The standard InChI is InChI=1S/C18H24N2/c19-11-17-13-20(12-15-7-3-1-4-8-15)14-18(17)16-9-5-2-6-10-16/h1,3-4,7-8,16-18H,2,5-6,9-10,12-14H2. The second kappa shape index (κ2) is 6.41. The van der Waals surface area contributed by atoms with Crippen LogP contribution in [0.25, 0.3) is 0 Å². The summed E-state index contributed by atoms with van der Waals surface area (Å²) in [4.78, 5) is 2.49. The Bertz CT molecular complexity index is 456. The first-order valence-corrected chi connectivity index (χ1v) is 8.02. The molecule has 1 aliphatic carbocycles. The largest absolute Gasteiger partial charge is 0.297 e. The van der Waals surface area contributed by atoms with Crippen LogP contribution in [-0.2, 0) is 6.54 Å². The zero-order chi connectivity index (χ0) is 13.8.